The van der Waals surface area contributed by atoms with Crippen LogP contribution in [0.15, 0.2) is 0 Å². The minimum atomic E-state index is -0.805. The van der Waals surface area contributed by atoms with E-state index < -0.39 is 11.5 Å². The van der Waals surface area contributed by atoms with E-state index in [1.54, 1.807) is 11.9 Å². The van der Waals surface area contributed by atoms with Gasteiger partial charge in [0.2, 0.25) is 0 Å². The molecule has 0 bridgehead atoms. The van der Waals surface area contributed by atoms with Crippen molar-refractivity contribution in [3.63, 3.8) is 0 Å². The molecule has 0 aromatic carbocycles. The third kappa shape index (κ3) is 3.07. The Kier molecular flexibility index (Phi) is 4.55. The van der Waals surface area contributed by atoms with Crippen LogP contribution in [0.4, 0.5) is 4.79 Å². The highest BCUT2D eigenvalue weighted by Gasteiger charge is 2.43. The summed E-state index contributed by atoms with van der Waals surface area (Å²) >= 11 is 0. The molecule has 0 atom stereocenters. The minimum absolute atomic E-state index is 0.0122. The molecule has 5 nitrogen and oxygen atoms in total. The van der Waals surface area contributed by atoms with Crippen molar-refractivity contribution in [2.75, 3.05) is 13.6 Å². The summed E-state index contributed by atoms with van der Waals surface area (Å²) in [4.78, 5) is 27.6. The normalized spacial score (nSPS) is 21.3. The summed E-state index contributed by atoms with van der Waals surface area (Å²) in [7, 11) is 1.79. The molecule has 2 aliphatic carbocycles. The summed E-state index contributed by atoms with van der Waals surface area (Å²) < 4.78 is 0. The standard InChI is InChI=1S/C15H26N2O3/c1-3-17(12-7-8-12)14(20)16(2)15(11-13(18)19)9-5-4-6-10-15/h12H,3-11H2,1-2H3,(H,18,19). The molecule has 0 aliphatic heterocycles. The minimum Gasteiger partial charge on any atom is -0.481 e. The van der Waals surface area contributed by atoms with Crippen molar-refractivity contribution in [2.45, 2.75) is 69.9 Å². The maximum Gasteiger partial charge on any atom is 0.320 e. The second-order valence-corrected chi connectivity index (χ2v) is 6.21. The van der Waals surface area contributed by atoms with Gasteiger partial charge in [-0.05, 0) is 32.6 Å². The Morgan fingerprint density at radius 1 is 1.20 bits per heavy atom. The fourth-order valence-electron chi connectivity index (χ4n) is 3.45. The van der Waals surface area contributed by atoms with E-state index in [2.05, 4.69) is 0 Å². The number of nitrogens with zero attached hydrogens (tertiary/aromatic N) is 2. The number of hydrogen-bond donors (Lipinski definition) is 1. The molecule has 2 fully saturated rings. The lowest BCUT2D eigenvalue weighted by molar-refractivity contribution is -0.140. The second-order valence-electron chi connectivity index (χ2n) is 6.21. The monoisotopic (exact) mass is 282 g/mol. The van der Waals surface area contributed by atoms with Gasteiger partial charge in [0.25, 0.3) is 0 Å². The average Bonchev–Trinajstić information content (AvgIpc) is 3.23. The number of hydrogen-bond acceptors (Lipinski definition) is 2. The summed E-state index contributed by atoms with van der Waals surface area (Å²) in [6, 6.07) is 0.388. The van der Waals surface area contributed by atoms with Gasteiger partial charge in [0.05, 0.1) is 12.0 Å². The predicted octanol–water partition coefficient (Wildman–Crippen LogP) is 2.70. The molecule has 0 saturated heterocycles. The molecule has 20 heavy (non-hydrogen) atoms. The molecule has 2 aliphatic rings. The van der Waals surface area contributed by atoms with Gasteiger partial charge in [-0.25, -0.2) is 4.79 Å². The van der Waals surface area contributed by atoms with E-state index in [9.17, 15) is 14.7 Å². The number of rotatable bonds is 5. The molecule has 2 saturated carbocycles. The van der Waals surface area contributed by atoms with Crippen LogP contribution in [0.2, 0.25) is 0 Å². The van der Waals surface area contributed by atoms with Crippen LogP contribution >= 0.6 is 0 Å². The Bertz CT molecular complexity index is 373. The Hall–Kier alpha value is -1.26. The van der Waals surface area contributed by atoms with Crippen LogP contribution in [-0.4, -0.2) is 52.1 Å². The van der Waals surface area contributed by atoms with Crippen molar-refractivity contribution in [1.82, 2.24) is 9.80 Å². The van der Waals surface area contributed by atoms with Gasteiger partial charge in [-0.15, -0.1) is 0 Å². The average molecular weight is 282 g/mol. The molecule has 0 aromatic rings. The molecule has 0 radical (unpaired) electrons. The Balaban J connectivity index is 2.14. The number of carbonyl (C=O) groups is 2. The van der Waals surface area contributed by atoms with Crippen molar-refractivity contribution >= 4 is 12.0 Å². The highest BCUT2D eigenvalue weighted by Crippen LogP contribution is 2.37. The zero-order valence-electron chi connectivity index (χ0n) is 12.6. The predicted molar refractivity (Wildman–Crippen MR) is 76.6 cm³/mol. The smallest absolute Gasteiger partial charge is 0.320 e. The summed E-state index contributed by atoms with van der Waals surface area (Å²) in [5.74, 6) is -0.805. The topological polar surface area (TPSA) is 60.9 Å². The number of carbonyl (C=O) groups excluding carboxylic acids is 1. The van der Waals surface area contributed by atoms with Gasteiger partial charge >= 0.3 is 12.0 Å². The lowest BCUT2D eigenvalue weighted by atomic mass is 9.78. The first-order chi connectivity index (χ1) is 9.50. The fraction of sp³-hybridized carbons (Fsp3) is 0.867. The molecule has 0 unspecified atom stereocenters. The van der Waals surface area contributed by atoms with Gasteiger partial charge < -0.3 is 14.9 Å². The maximum atomic E-state index is 12.7. The molecule has 0 aromatic heterocycles. The quantitative estimate of drug-likeness (QED) is 0.843. The van der Waals surface area contributed by atoms with Gasteiger partial charge in [-0.2, -0.15) is 0 Å². The number of carboxylic acid groups (broad SMARTS) is 1. The molecule has 5 heteroatoms. The number of urea groups is 1. The third-order valence-corrected chi connectivity index (χ3v) is 4.84. The SMILES string of the molecule is CCN(C(=O)N(C)C1(CC(=O)O)CCCCC1)C1CC1. The Labute approximate surface area is 120 Å². The van der Waals surface area contributed by atoms with E-state index in [0.29, 0.717) is 12.6 Å². The molecule has 2 rings (SSSR count). The zero-order chi connectivity index (χ0) is 14.8. The summed E-state index contributed by atoms with van der Waals surface area (Å²) in [6.45, 7) is 2.70. The fourth-order valence-corrected chi connectivity index (χ4v) is 3.45. The molecule has 114 valence electrons. The van der Waals surface area contributed by atoms with E-state index in [1.165, 1.54) is 0 Å². The van der Waals surface area contributed by atoms with Crippen LogP contribution in [0.25, 0.3) is 0 Å². The van der Waals surface area contributed by atoms with Crippen LogP contribution in [0.3, 0.4) is 0 Å². The van der Waals surface area contributed by atoms with E-state index >= 15 is 0 Å². The number of carboxylic acids is 1. The summed E-state index contributed by atoms with van der Waals surface area (Å²) in [5.41, 5.74) is -0.483. The van der Waals surface area contributed by atoms with Crippen molar-refractivity contribution in [1.29, 1.82) is 0 Å². The van der Waals surface area contributed by atoms with Gasteiger partial charge in [0.1, 0.15) is 0 Å². The van der Waals surface area contributed by atoms with E-state index in [1.807, 2.05) is 11.8 Å². The van der Waals surface area contributed by atoms with Crippen LogP contribution in [-0.2, 0) is 4.79 Å². The van der Waals surface area contributed by atoms with Crippen LogP contribution < -0.4 is 0 Å². The lowest BCUT2D eigenvalue weighted by Gasteiger charge is -2.45. The molecule has 1 N–H and O–H groups in total. The zero-order valence-corrected chi connectivity index (χ0v) is 12.6. The highest BCUT2D eigenvalue weighted by molar-refractivity contribution is 5.77. The van der Waals surface area contributed by atoms with Crippen LogP contribution in [0.1, 0.15) is 58.3 Å². The first-order valence-corrected chi connectivity index (χ1v) is 7.76. The van der Waals surface area contributed by atoms with Gasteiger partial charge in [0.15, 0.2) is 0 Å². The second kappa shape index (κ2) is 6.02. The Morgan fingerprint density at radius 2 is 1.80 bits per heavy atom. The summed E-state index contributed by atoms with van der Waals surface area (Å²) in [6.07, 6.45) is 7.02. The molecule has 2 amide bonds. The first kappa shape index (κ1) is 15.1. The van der Waals surface area contributed by atoms with E-state index in [0.717, 1.165) is 44.9 Å². The van der Waals surface area contributed by atoms with Crippen molar-refractivity contribution in [2.24, 2.45) is 0 Å². The lowest BCUT2D eigenvalue weighted by Crippen LogP contribution is -2.56. The van der Waals surface area contributed by atoms with Crippen molar-refractivity contribution < 1.29 is 14.7 Å². The van der Waals surface area contributed by atoms with Gasteiger partial charge in [-0.1, -0.05) is 19.3 Å². The van der Waals surface area contributed by atoms with Gasteiger partial charge in [0, 0.05) is 19.6 Å². The van der Waals surface area contributed by atoms with Crippen LogP contribution in [0.5, 0.6) is 0 Å². The summed E-state index contributed by atoms with van der Waals surface area (Å²) in [5, 5.41) is 9.23. The number of amides is 2. The third-order valence-electron chi connectivity index (χ3n) is 4.84. The van der Waals surface area contributed by atoms with Gasteiger partial charge in [-0.3, -0.25) is 4.79 Å². The molecular formula is C15H26N2O3. The molecule has 0 spiro atoms. The highest BCUT2D eigenvalue weighted by atomic mass is 16.4. The number of aliphatic carboxylic acids is 1. The van der Waals surface area contributed by atoms with Crippen molar-refractivity contribution in [3.8, 4) is 0 Å². The van der Waals surface area contributed by atoms with Crippen molar-refractivity contribution in [3.05, 3.63) is 0 Å². The largest absolute Gasteiger partial charge is 0.481 e. The molecule has 0 heterocycles. The van der Waals surface area contributed by atoms with E-state index in [4.69, 9.17) is 0 Å². The maximum absolute atomic E-state index is 12.7. The first-order valence-electron chi connectivity index (χ1n) is 7.76. The molecular weight excluding hydrogens is 256 g/mol. The van der Waals surface area contributed by atoms with E-state index in [-0.39, 0.29) is 12.5 Å². The van der Waals surface area contributed by atoms with Crippen LogP contribution in [0, 0.1) is 0 Å². The Morgan fingerprint density at radius 3 is 2.25 bits per heavy atom.